The Labute approximate surface area is 169 Å². The van der Waals surface area contributed by atoms with E-state index in [1.807, 2.05) is 0 Å². The molecule has 0 saturated heterocycles. The van der Waals surface area contributed by atoms with Crippen LogP contribution in [-0.2, 0) is 0 Å². The van der Waals surface area contributed by atoms with Gasteiger partial charge in [-0.15, -0.1) is 0 Å². The molecule has 0 aromatic rings. The molecule has 1 heteroatoms. The SMILES string of the molecule is CCCCCCCC[PH](CC)(CCCCCCC)CCCCCCCC. The number of hydrogen-bond acceptors (Lipinski definition) is 0. The third kappa shape index (κ3) is 15.5. The summed E-state index contributed by atoms with van der Waals surface area (Å²) in [5.41, 5.74) is 0. The van der Waals surface area contributed by atoms with Gasteiger partial charge < -0.3 is 0 Å². The summed E-state index contributed by atoms with van der Waals surface area (Å²) in [5.74, 6) is 0. The predicted octanol–water partition coefficient (Wildman–Crippen LogP) is 9.45. The first-order valence-corrected chi connectivity index (χ1v) is 15.6. The molecule has 0 fully saturated rings. The molecule has 0 aromatic carbocycles. The molecule has 0 aliphatic rings. The number of rotatable bonds is 21. The van der Waals surface area contributed by atoms with Crippen molar-refractivity contribution in [2.45, 2.75) is 137 Å². The molecule has 160 valence electrons. The van der Waals surface area contributed by atoms with Crippen molar-refractivity contribution in [3.63, 3.8) is 0 Å². The molecule has 26 heavy (non-hydrogen) atoms. The fourth-order valence-electron chi connectivity index (χ4n) is 4.57. The van der Waals surface area contributed by atoms with Crippen LogP contribution in [0, 0.1) is 0 Å². The van der Waals surface area contributed by atoms with Crippen molar-refractivity contribution < 1.29 is 0 Å². The van der Waals surface area contributed by atoms with Crippen LogP contribution in [0.1, 0.15) is 137 Å². The zero-order chi connectivity index (χ0) is 19.3. The topological polar surface area (TPSA) is 0 Å². The predicted molar refractivity (Wildman–Crippen MR) is 129 cm³/mol. The molecule has 0 unspecified atom stereocenters. The molecule has 0 saturated carbocycles. The van der Waals surface area contributed by atoms with Gasteiger partial charge in [0.1, 0.15) is 0 Å². The van der Waals surface area contributed by atoms with Gasteiger partial charge in [-0.25, -0.2) is 0 Å². The van der Waals surface area contributed by atoms with Gasteiger partial charge in [-0.05, 0) is 0 Å². The Morgan fingerprint density at radius 3 is 0.885 bits per heavy atom. The Bertz CT molecular complexity index is 245. The Hall–Kier alpha value is 0.430. The molecule has 0 nitrogen and oxygen atoms in total. The van der Waals surface area contributed by atoms with Crippen LogP contribution in [0.4, 0.5) is 0 Å². The number of unbranched alkanes of at least 4 members (excludes halogenated alkanes) is 14. The average Bonchev–Trinajstić information content (AvgIpc) is 2.66. The van der Waals surface area contributed by atoms with E-state index in [1.54, 1.807) is 43.9 Å². The molecular formula is C25H55P. The van der Waals surface area contributed by atoms with Crippen LogP contribution < -0.4 is 0 Å². The van der Waals surface area contributed by atoms with Crippen LogP contribution in [-0.4, -0.2) is 24.6 Å². The van der Waals surface area contributed by atoms with E-state index >= 15 is 0 Å². The van der Waals surface area contributed by atoms with E-state index in [-0.39, 0.29) is 0 Å². The quantitative estimate of drug-likeness (QED) is 0.136. The van der Waals surface area contributed by atoms with Crippen LogP contribution in [0.3, 0.4) is 0 Å². The Morgan fingerprint density at radius 1 is 0.346 bits per heavy atom. The minimum absolute atomic E-state index is 0.967. The third-order valence-electron chi connectivity index (χ3n) is 6.68. The Balaban J connectivity index is 4.22. The van der Waals surface area contributed by atoms with Gasteiger partial charge in [0.15, 0.2) is 0 Å². The van der Waals surface area contributed by atoms with Crippen molar-refractivity contribution in [2.24, 2.45) is 0 Å². The van der Waals surface area contributed by atoms with Crippen LogP contribution in [0.2, 0.25) is 0 Å². The van der Waals surface area contributed by atoms with Gasteiger partial charge in [0.25, 0.3) is 0 Å². The standard InChI is InChI=1S/C25H55P/c1-5-9-12-15-18-21-24-26(8-4,23-20-17-14-11-7-3)25-22-19-16-13-10-6-2/h26H,5-25H2,1-4H3. The average molecular weight is 387 g/mol. The van der Waals surface area contributed by atoms with E-state index < -0.39 is 7.26 Å². The Morgan fingerprint density at radius 2 is 0.615 bits per heavy atom. The monoisotopic (exact) mass is 386 g/mol. The summed E-state index contributed by atoms with van der Waals surface area (Å²) in [6, 6.07) is 0. The second-order valence-corrected chi connectivity index (χ2v) is 14.3. The van der Waals surface area contributed by atoms with Gasteiger partial charge in [-0.2, -0.15) is 0 Å². The van der Waals surface area contributed by atoms with Gasteiger partial charge in [0.05, 0.1) is 0 Å². The van der Waals surface area contributed by atoms with E-state index in [1.165, 1.54) is 89.9 Å². The summed E-state index contributed by atoms with van der Waals surface area (Å²) in [5, 5.41) is 0. The maximum atomic E-state index is 2.55. The third-order valence-corrected chi connectivity index (χ3v) is 12.4. The molecule has 0 atom stereocenters. The van der Waals surface area contributed by atoms with Crippen molar-refractivity contribution >= 4 is 7.26 Å². The van der Waals surface area contributed by atoms with Gasteiger partial charge in [0, 0.05) is 0 Å². The summed E-state index contributed by atoms with van der Waals surface area (Å²) in [6.45, 7) is 9.54. The minimum atomic E-state index is -0.967. The van der Waals surface area contributed by atoms with Gasteiger partial charge >= 0.3 is 169 Å². The maximum absolute atomic E-state index is 2.55. The first-order valence-electron chi connectivity index (χ1n) is 12.7. The van der Waals surface area contributed by atoms with Crippen LogP contribution in [0.5, 0.6) is 0 Å². The van der Waals surface area contributed by atoms with Crippen molar-refractivity contribution in [1.82, 2.24) is 0 Å². The molecule has 0 radical (unpaired) electrons. The van der Waals surface area contributed by atoms with Crippen molar-refractivity contribution in [3.8, 4) is 0 Å². The second-order valence-electron chi connectivity index (χ2n) is 9.05. The van der Waals surface area contributed by atoms with E-state index in [0.717, 1.165) is 0 Å². The molecule has 0 bridgehead atoms. The molecule has 0 aliphatic heterocycles. The van der Waals surface area contributed by atoms with E-state index in [0.29, 0.717) is 0 Å². The van der Waals surface area contributed by atoms with Crippen LogP contribution in [0.25, 0.3) is 0 Å². The summed E-state index contributed by atoms with van der Waals surface area (Å²) in [6.07, 6.45) is 31.6. The van der Waals surface area contributed by atoms with Gasteiger partial charge in [-0.1, -0.05) is 0 Å². The molecule has 0 heterocycles. The fourth-order valence-corrected chi connectivity index (χ4v) is 9.38. The summed E-state index contributed by atoms with van der Waals surface area (Å²) >= 11 is 0. The zero-order valence-corrected chi connectivity index (χ0v) is 20.3. The van der Waals surface area contributed by atoms with Crippen LogP contribution in [0.15, 0.2) is 0 Å². The second kappa shape index (κ2) is 20.2. The summed E-state index contributed by atoms with van der Waals surface area (Å²) in [7, 11) is -0.967. The van der Waals surface area contributed by atoms with E-state index in [4.69, 9.17) is 0 Å². The normalized spacial score (nSPS) is 12.6. The Kier molecular flexibility index (Phi) is 20.5. The fraction of sp³-hybridized carbons (Fsp3) is 1.00. The summed E-state index contributed by atoms with van der Waals surface area (Å²) in [4.78, 5) is 0. The zero-order valence-electron chi connectivity index (χ0n) is 19.3. The van der Waals surface area contributed by atoms with Crippen molar-refractivity contribution in [3.05, 3.63) is 0 Å². The molecule has 0 amide bonds. The van der Waals surface area contributed by atoms with E-state index in [9.17, 15) is 0 Å². The number of hydrogen-bond donors (Lipinski definition) is 0. The molecule has 0 rings (SSSR count). The molecule has 0 aromatic heterocycles. The van der Waals surface area contributed by atoms with Crippen molar-refractivity contribution in [1.29, 1.82) is 0 Å². The molecule has 0 aliphatic carbocycles. The van der Waals surface area contributed by atoms with Crippen molar-refractivity contribution in [2.75, 3.05) is 24.6 Å². The molecule has 0 N–H and O–H groups in total. The summed E-state index contributed by atoms with van der Waals surface area (Å²) < 4.78 is 0. The first kappa shape index (κ1) is 26.4. The van der Waals surface area contributed by atoms with E-state index in [2.05, 4.69) is 27.7 Å². The van der Waals surface area contributed by atoms with Gasteiger partial charge in [-0.3, -0.25) is 0 Å². The molecular weight excluding hydrogens is 331 g/mol. The first-order chi connectivity index (χ1) is 12.7. The molecule has 0 spiro atoms. The van der Waals surface area contributed by atoms with Crippen LogP contribution >= 0.6 is 7.26 Å². The van der Waals surface area contributed by atoms with Gasteiger partial charge in [0.2, 0.25) is 0 Å².